The van der Waals surface area contributed by atoms with E-state index in [4.69, 9.17) is 10.2 Å². The van der Waals surface area contributed by atoms with E-state index in [2.05, 4.69) is 10.0 Å². The Labute approximate surface area is 199 Å². The van der Waals surface area contributed by atoms with Gasteiger partial charge in [0.15, 0.2) is 0 Å². The van der Waals surface area contributed by atoms with Crippen LogP contribution in [0.15, 0.2) is 39.9 Å². The number of nitrogens with one attached hydrogen (secondary N) is 2. The number of phenols is 1. The molecule has 0 fully saturated rings. The molecular weight excluding hydrogens is 488 g/mol. The number of amides is 1. The first-order valence-corrected chi connectivity index (χ1v) is 12.5. The van der Waals surface area contributed by atoms with Gasteiger partial charge in [0.2, 0.25) is 15.9 Å². The summed E-state index contributed by atoms with van der Waals surface area (Å²) in [6.07, 6.45) is 1.12. The van der Waals surface area contributed by atoms with Crippen molar-refractivity contribution in [1.29, 1.82) is 0 Å². The minimum atomic E-state index is -4.03. The summed E-state index contributed by atoms with van der Waals surface area (Å²) in [4.78, 5) is 45.4. The minimum Gasteiger partial charge on any atom is -0.507 e. The van der Waals surface area contributed by atoms with Gasteiger partial charge < -0.3 is 25.4 Å². The van der Waals surface area contributed by atoms with Gasteiger partial charge in [-0.05, 0) is 53.4 Å². The fourth-order valence-corrected chi connectivity index (χ4v) is 4.94. The van der Waals surface area contributed by atoms with Crippen LogP contribution in [-0.4, -0.2) is 60.5 Å². The summed E-state index contributed by atoms with van der Waals surface area (Å²) in [6, 6.07) is 3.32. The van der Waals surface area contributed by atoms with E-state index in [0.717, 1.165) is 18.2 Å². The molecule has 1 unspecified atom stereocenters. The highest BCUT2D eigenvalue weighted by molar-refractivity contribution is 7.89. The molecule has 2 rings (SSSR count). The van der Waals surface area contributed by atoms with Crippen LogP contribution >= 0.6 is 11.3 Å². The first-order chi connectivity index (χ1) is 16.1. The molecule has 0 saturated carbocycles. The van der Waals surface area contributed by atoms with Crippen molar-refractivity contribution in [2.75, 3.05) is 6.54 Å². The van der Waals surface area contributed by atoms with Crippen LogP contribution in [0, 0.1) is 0 Å². The number of aldehydes is 1. The van der Waals surface area contributed by atoms with Gasteiger partial charge in [0.25, 0.3) is 0 Å². The molecule has 1 heterocycles. The molecule has 34 heavy (non-hydrogen) atoms. The number of aromatic hydroxyl groups is 1. The smallest absolute Gasteiger partial charge is 0.339 e. The van der Waals surface area contributed by atoms with Crippen LogP contribution in [0.2, 0.25) is 0 Å². The van der Waals surface area contributed by atoms with Gasteiger partial charge in [0.05, 0.1) is 10.8 Å². The third kappa shape index (κ3) is 7.37. The first-order valence-electron chi connectivity index (χ1n) is 10.1. The lowest BCUT2D eigenvalue weighted by Gasteiger charge is -2.19. The van der Waals surface area contributed by atoms with E-state index in [1.54, 1.807) is 16.8 Å². The molecular formula is C21H24N2O9S2. The van der Waals surface area contributed by atoms with Crippen LogP contribution in [0.4, 0.5) is 0 Å². The molecule has 0 spiro atoms. The average Bonchev–Trinajstić information content (AvgIpc) is 3.30. The monoisotopic (exact) mass is 512 g/mol. The zero-order chi connectivity index (χ0) is 25.3. The lowest BCUT2D eigenvalue weighted by Crippen LogP contribution is -2.43. The maximum atomic E-state index is 12.7. The predicted octanol–water partition coefficient (Wildman–Crippen LogP) is 1.54. The topological polar surface area (TPSA) is 187 Å². The summed E-state index contributed by atoms with van der Waals surface area (Å²) in [5, 5.41) is 33.6. The van der Waals surface area contributed by atoms with E-state index >= 15 is 0 Å². The number of hydrogen-bond donors (Lipinski definition) is 5. The fourth-order valence-electron chi connectivity index (χ4n) is 3.13. The Kier molecular flexibility index (Phi) is 9.71. The molecule has 0 radical (unpaired) electrons. The zero-order valence-corrected chi connectivity index (χ0v) is 19.5. The van der Waals surface area contributed by atoms with Gasteiger partial charge >= 0.3 is 11.9 Å². The van der Waals surface area contributed by atoms with Crippen LogP contribution in [-0.2, 0) is 24.4 Å². The first kappa shape index (κ1) is 27.0. The number of aliphatic carboxylic acids is 1. The Hall–Kier alpha value is -3.29. The van der Waals surface area contributed by atoms with Gasteiger partial charge in [0, 0.05) is 13.0 Å². The van der Waals surface area contributed by atoms with Gasteiger partial charge in [-0.2, -0.15) is 11.3 Å². The number of rotatable bonds is 14. The van der Waals surface area contributed by atoms with Gasteiger partial charge in [0.1, 0.15) is 23.6 Å². The molecule has 1 aromatic heterocycles. The van der Waals surface area contributed by atoms with Crippen LogP contribution in [0.25, 0.3) is 0 Å². The Morgan fingerprint density at radius 3 is 2.44 bits per heavy atom. The quantitative estimate of drug-likeness (QED) is 0.185. The second kappa shape index (κ2) is 12.3. The number of carboxylic acids is 2. The van der Waals surface area contributed by atoms with E-state index in [0.29, 0.717) is 31.1 Å². The minimum absolute atomic E-state index is 0.00643. The third-order valence-corrected chi connectivity index (χ3v) is 7.09. The van der Waals surface area contributed by atoms with Crippen molar-refractivity contribution in [3.8, 4) is 5.75 Å². The Morgan fingerprint density at radius 2 is 1.85 bits per heavy atom. The van der Waals surface area contributed by atoms with Crippen LogP contribution in [0.1, 0.15) is 47.5 Å². The van der Waals surface area contributed by atoms with Crippen molar-refractivity contribution in [3.63, 3.8) is 0 Å². The van der Waals surface area contributed by atoms with Crippen molar-refractivity contribution in [1.82, 2.24) is 10.0 Å². The highest BCUT2D eigenvalue weighted by Crippen LogP contribution is 2.25. The Bertz CT molecular complexity index is 1130. The summed E-state index contributed by atoms with van der Waals surface area (Å²) in [5.74, 6) is -4.56. The summed E-state index contributed by atoms with van der Waals surface area (Å²) in [5.41, 5.74) is 0.144. The van der Waals surface area contributed by atoms with Gasteiger partial charge in [-0.25, -0.2) is 22.7 Å². The molecule has 1 aromatic carbocycles. The number of carbonyl (C=O) groups excluding carboxylic acids is 2. The van der Waals surface area contributed by atoms with E-state index in [-0.39, 0.29) is 17.9 Å². The molecule has 2 atom stereocenters. The number of carbonyl (C=O) groups is 4. The molecule has 0 bridgehead atoms. The standard InChI is InChI=1S/C21H24N2O9S2/c24-9-6-17(21(29)30)23-19(26)15(13-7-10-33-12-13)3-1-2-8-22-34(31,32)14-4-5-18(25)16(11-14)20(27)28/h4-5,7,9-12,15,17,22,25H,1-3,6,8H2,(H,23,26)(H,27,28)(H,29,30)/t15?,17-/m0/s1. The number of hydrogen-bond acceptors (Lipinski definition) is 8. The Balaban J connectivity index is 1.96. The third-order valence-electron chi connectivity index (χ3n) is 4.93. The highest BCUT2D eigenvalue weighted by atomic mass is 32.2. The second-order valence-corrected chi connectivity index (χ2v) is 9.84. The van der Waals surface area contributed by atoms with E-state index in [1.165, 1.54) is 11.3 Å². The SMILES string of the molecule is O=CC[C@H](NC(=O)C(CCCCNS(=O)(=O)c1ccc(O)c(C(=O)O)c1)c1ccsc1)C(=O)O. The maximum Gasteiger partial charge on any atom is 0.339 e. The molecule has 0 aliphatic rings. The number of unbranched alkanes of at least 4 members (excludes halogenated alkanes) is 1. The number of aromatic carboxylic acids is 1. The number of benzene rings is 1. The van der Waals surface area contributed by atoms with E-state index in [9.17, 15) is 32.7 Å². The fraction of sp³-hybridized carbons (Fsp3) is 0.333. The number of thiophene rings is 1. The van der Waals surface area contributed by atoms with Gasteiger partial charge in [-0.1, -0.05) is 6.42 Å². The maximum absolute atomic E-state index is 12.7. The normalized spacial score (nSPS) is 13.1. The molecule has 5 N–H and O–H groups in total. The van der Waals surface area contributed by atoms with Crippen molar-refractivity contribution in [2.45, 2.75) is 42.5 Å². The van der Waals surface area contributed by atoms with E-state index < -0.39 is 51.1 Å². The zero-order valence-electron chi connectivity index (χ0n) is 17.8. The van der Waals surface area contributed by atoms with Crippen molar-refractivity contribution < 1.29 is 42.9 Å². The van der Waals surface area contributed by atoms with Crippen molar-refractivity contribution in [3.05, 3.63) is 46.2 Å². The summed E-state index contributed by atoms with van der Waals surface area (Å²) >= 11 is 1.37. The Morgan fingerprint density at radius 1 is 1.12 bits per heavy atom. The lowest BCUT2D eigenvalue weighted by molar-refractivity contribution is -0.142. The van der Waals surface area contributed by atoms with Crippen LogP contribution in [0.3, 0.4) is 0 Å². The van der Waals surface area contributed by atoms with Gasteiger partial charge in [-0.3, -0.25) is 4.79 Å². The van der Waals surface area contributed by atoms with Crippen molar-refractivity contribution in [2.24, 2.45) is 0 Å². The predicted molar refractivity (Wildman–Crippen MR) is 121 cm³/mol. The van der Waals surface area contributed by atoms with Crippen molar-refractivity contribution >= 4 is 45.5 Å². The molecule has 11 nitrogen and oxygen atoms in total. The summed E-state index contributed by atoms with van der Waals surface area (Å²) in [7, 11) is -4.03. The molecule has 0 aliphatic carbocycles. The molecule has 2 aromatic rings. The lowest BCUT2D eigenvalue weighted by atomic mass is 9.94. The van der Waals surface area contributed by atoms with Gasteiger partial charge in [-0.15, -0.1) is 0 Å². The van der Waals surface area contributed by atoms with Crippen LogP contribution < -0.4 is 10.0 Å². The molecule has 13 heteroatoms. The molecule has 184 valence electrons. The second-order valence-electron chi connectivity index (χ2n) is 7.29. The summed E-state index contributed by atoms with van der Waals surface area (Å²) in [6.45, 7) is 0.00643. The average molecular weight is 513 g/mol. The highest BCUT2D eigenvalue weighted by Gasteiger charge is 2.26. The molecule has 0 aliphatic heterocycles. The number of sulfonamides is 1. The van der Waals surface area contributed by atoms with Crippen LogP contribution in [0.5, 0.6) is 5.75 Å². The largest absolute Gasteiger partial charge is 0.507 e. The number of carboxylic acid groups (broad SMARTS) is 2. The molecule has 0 saturated heterocycles. The van der Waals surface area contributed by atoms with E-state index in [1.807, 2.05) is 0 Å². The summed E-state index contributed by atoms with van der Waals surface area (Å²) < 4.78 is 27.2. The molecule has 1 amide bonds.